The Labute approximate surface area is 183 Å². The van der Waals surface area contributed by atoms with Crippen LogP contribution in [-0.4, -0.2) is 32.2 Å². The molecule has 6 nitrogen and oxygen atoms in total. The van der Waals surface area contributed by atoms with Gasteiger partial charge in [0.2, 0.25) is 0 Å². The van der Waals surface area contributed by atoms with Gasteiger partial charge in [-0.3, -0.25) is 4.79 Å². The summed E-state index contributed by atoms with van der Waals surface area (Å²) < 4.78 is 15.6. The van der Waals surface area contributed by atoms with Crippen molar-refractivity contribution < 1.29 is 23.8 Å². The molecule has 0 saturated heterocycles. The van der Waals surface area contributed by atoms with E-state index in [0.29, 0.717) is 28.7 Å². The Bertz CT molecular complexity index is 910. The molecule has 1 amide bonds. The number of para-hydroxylation sites is 1. The molecule has 2 rings (SSSR count). The van der Waals surface area contributed by atoms with Crippen LogP contribution >= 0.6 is 34.8 Å². The van der Waals surface area contributed by atoms with Gasteiger partial charge in [0, 0.05) is 6.08 Å². The zero-order valence-electron chi connectivity index (χ0n) is 15.6. The maximum atomic E-state index is 11.9. The second-order valence-corrected chi connectivity index (χ2v) is 6.77. The Morgan fingerprint density at radius 1 is 1.10 bits per heavy atom. The molecule has 0 unspecified atom stereocenters. The first-order valence-electron chi connectivity index (χ1n) is 8.44. The molecule has 0 spiro atoms. The number of benzene rings is 2. The molecule has 0 aromatic heterocycles. The Balaban J connectivity index is 1.97. The van der Waals surface area contributed by atoms with Crippen molar-refractivity contribution in [2.75, 3.05) is 25.6 Å². The molecule has 9 heteroatoms. The second-order valence-electron chi connectivity index (χ2n) is 5.55. The smallest absolute Gasteiger partial charge is 0.331 e. The summed E-state index contributed by atoms with van der Waals surface area (Å²) in [7, 11) is 1.48. The lowest BCUT2D eigenvalue weighted by Crippen LogP contribution is -2.20. The quantitative estimate of drug-likeness (QED) is 0.432. The summed E-state index contributed by atoms with van der Waals surface area (Å²) in [5.41, 5.74) is 0.854. The van der Waals surface area contributed by atoms with Gasteiger partial charge in [-0.25, -0.2) is 4.79 Å². The first-order valence-corrected chi connectivity index (χ1v) is 9.58. The van der Waals surface area contributed by atoms with Crippen molar-refractivity contribution in [2.45, 2.75) is 6.92 Å². The van der Waals surface area contributed by atoms with Crippen molar-refractivity contribution >= 4 is 58.4 Å². The molecule has 1 N–H and O–H groups in total. The highest BCUT2D eigenvalue weighted by atomic mass is 35.5. The van der Waals surface area contributed by atoms with Gasteiger partial charge in [0.15, 0.2) is 18.1 Å². The second kappa shape index (κ2) is 11.0. The zero-order valence-corrected chi connectivity index (χ0v) is 17.9. The lowest BCUT2D eigenvalue weighted by atomic mass is 10.2. The van der Waals surface area contributed by atoms with Crippen molar-refractivity contribution in [2.24, 2.45) is 0 Å². The standard InChI is InChI=1S/C20H18Cl3NO5/c1-3-28-16-10-12(9-15(23)20(16)27-2)7-8-18(26)29-11-17(25)24-19-13(21)5-4-6-14(19)22/h4-10H,3,11H2,1-2H3,(H,24,25)/b8-7+. The first-order chi connectivity index (χ1) is 13.8. The fraction of sp³-hybridized carbons (Fsp3) is 0.200. The minimum absolute atomic E-state index is 0.253. The molecule has 0 radical (unpaired) electrons. The van der Waals surface area contributed by atoms with Gasteiger partial charge in [0.25, 0.3) is 5.91 Å². The first kappa shape index (κ1) is 22.9. The molecule has 0 heterocycles. The molecule has 29 heavy (non-hydrogen) atoms. The molecule has 2 aromatic carbocycles. The average molecular weight is 459 g/mol. The van der Waals surface area contributed by atoms with Crippen LogP contribution in [0.5, 0.6) is 11.5 Å². The summed E-state index contributed by atoms with van der Waals surface area (Å²) in [6.45, 7) is 1.75. The lowest BCUT2D eigenvalue weighted by molar-refractivity contribution is -0.142. The van der Waals surface area contributed by atoms with Crippen LogP contribution < -0.4 is 14.8 Å². The van der Waals surface area contributed by atoms with Crippen LogP contribution in [0.3, 0.4) is 0 Å². The number of methoxy groups -OCH3 is 1. The third-order valence-electron chi connectivity index (χ3n) is 3.52. The minimum atomic E-state index is -0.713. The van der Waals surface area contributed by atoms with E-state index in [1.165, 1.54) is 19.3 Å². The highest BCUT2D eigenvalue weighted by molar-refractivity contribution is 6.39. The van der Waals surface area contributed by atoms with Crippen molar-refractivity contribution in [1.29, 1.82) is 0 Å². The predicted octanol–water partition coefficient (Wildman–Crippen LogP) is 5.25. The number of hydrogen-bond acceptors (Lipinski definition) is 5. The summed E-state index contributed by atoms with van der Waals surface area (Å²) >= 11 is 18.1. The number of carbonyl (C=O) groups excluding carboxylic acids is 2. The predicted molar refractivity (Wildman–Crippen MR) is 114 cm³/mol. The van der Waals surface area contributed by atoms with E-state index in [1.807, 2.05) is 6.92 Å². The molecule has 0 aliphatic heterocycles. The number of hydrogen-bond donors (Lipinski definition) is 1. The van der Waals surface area contributed by atoms with Gasteiger partial charge in [-0.05, 0) is 42.8 Å². The summed E-state index contributed by atoms with van der Waals surface area (Å²) in [6.07, 6.45) is 2.66. The van der Waals surface area contributed by atoms with Gasteiger partial charge < -0.3 is 19.5 Å². The topological polar surface area (TPSA) is 73.9 Å². The molecule has 0 bridgehead atoms. The third kappa shape index (κ3) is 6.56. The fourth-order valence-electron chi connectivity index (χ4n) is 2.29. The van der Waals surface area contributed by atoms with E-state index < -0.39 is 18.5 Å². The van der Waals surface area contributed by atoms with Crippen molar-refractivity contribution in [3.8, 4) is 11.5 Å². The third-order valence-corrected chi connectivity index (χ3v) is 4.43. The maximum absolute atomic E-state index is 11.9. The molecule has 0 fully saturated rings. The summed E-state index contributed by atoms with van der Waals surface area (Å²) in [5.74, 6) is -0.433. The zero-order chi connectivity index (χ0) is 21.4. The van der Waals surface area contributed by atoms with Crippen LogP contribution in [0.15, 0.2) is 36.4 Å². The molecular formula is C20H18Cl3NO5. The number of amides is 1. The van der Waals surface area contributed by atoms with Gasteiger partial charge in [0.1, 0.15) is 0 Å². The van der Waals surface area contributed by atoms with Crippen molar-refractivity contribution in [1.82, 2.24) is 0 Å². The van der Waals surface area contributed by atoms with E-state index in [9.17, 15) is 9.59 Å². The highest BCUT2D eigenvalue weighted by Crippen LogP contribution is 2.36. The van der Waals surface area contributed by atoms with Gasteiger partial charge >= 0.3 is 5.97 Å². The molecular weight excluding hydrogens is 441 g/mol. The van der Waals surface area contributed by atoms with Crippen molar-refractivity contribution in [3.63, 3.8) is 0 Å². The van der Waals surface area contributed by atoms with E-state index in [4.69, 9.17) is 49.0 Å². The van der Waals surface area contributed by atoms with Gasteiger partial charge in [-0.1, -0.05) is 40.9 Å². The van der Waals surface area contributed by atoms with Crippen LogP contribution in [-0.2, 0) is 14.3 Å². The highest BCUT2D eigenvalue weighted by Gasteiger charge is 2.12. The molecule has 0 saturated carbocycles. The largest absolute Gasteiger partial charge is 0.491 e. The molecule has 2 aromatic rings. The van der Waals surface area contributed by atoms with E-state index in [0.717, 1.165) is 0 Å². The van der Waals surface area contributed by atoms with Crippen LogP contribution in [0.25, 0.3) is 6.08 Å². The Morgan fingerprint density at radius 2 is 1.79 bits per heavy atom. The Kier molecular flexibility index (Phi) is 8.64. The number of nitrogens with one attached hydrogen (secondary N) is 1. The van der Waals surface area contributed by atoms with Crippen LogP contribution in [0.1, 0.15) is 12.5 Å². The van der Waals surface area contributed by atoms with E-state index >= 15 is 0 Å². The molecule has 0 atom stereocenters. The minimum Gasteiger partial charge on any atom is -0.491 e. The fourth-order valence-corrected chi connectivity index (χ4v) is 3.08. The van der Waals surface area contributed by atoms with Crippen LogP contribution in [0, 0.1) is 0 Å². The van der Waals surface area contributed by atoms with Gasteiger partial charge in [-0.2, -0.15) is 0 Å². The molecule has 0 aliphatic carbocycles. The van der Waals surface area contributed by atoms with Crippen LogP contribution in [0.4, 0.5) is 5.69 Å². The van der Waals surface area contributed by atoms with E-state index in [2.05, 4.69) is 5.32 Å². The van der Waals surface area contributed by atoms with E-state index in [1.54, 1.807) is 30.3 Å². The van der Waals surface area contributed by atoms with Crippen molar-refractivity contribution in [3.05, 3.63) is 57.0 Å². The lowest BCUT2D eigenvalue weighted by Gasteiger charge is -2.11. The Hall–Kier alpha value is -2.41. The van der Waals surface area contributed by atoms with Crippen LogP contribution in [0.2, 0.25) is 15.1 Å². The maximum Gasteiger partial charge on any atom is 0.331 e. The number of halogens is 3. The summed E-state index contributed by atoms with van der Waals surface area (Å²) in [6, 6.07) is 8.08. The Morgan fingerprint density at radius 3 is 2.41 bits per heavy atom. The number of anilines is 1. The number of carbonyl (C=O) groups is 2. The monoisotopic (exact) mass is 457 g/mol. The SMILES string of the molecule is CCOc1cc(/C=C/C(=O)OCC(=O)Nc2c(Cl)cccc2Cl)cc(Cl)c1OC. The summed E-state index contributed by atoms with van der Waals surface area (Å²) in [4.78, 5) is 23.8. The van der Waals surface area contributed by atoms with Gasteiger partial charge in [0.05, 0.1) is 34.5 Å². The average Bonchev–Trinajstić information content (AvgIpc) is 2.68. The number of rotatable bonds is 8. The molecule has 0 aliphatic rings. The number of esters is 1. The van der Waals surface area contributed by atoms with Gasteiger partial charge in [-0.15, -0.1) is 0 Å². The molecule has 154 valence electrons. The number of ether oxygens (including phenoxy) is 3. The normalized spacial score (nSPS) is 10.7. The van der Waals surface area contributed by atoms with E-state index in [-0.39, 0.29) is 15.7 Å². The summed E-state index contributed by atoms with van der Waals surface area (Å²) in [5, 5.41) is 3.39.